The van der Waals surface area contributed by atoms with Gasteiger partial charge >= 0.3 is 0 Å². The Kier molecular flexibility index (Phi) is 3.99. The SMILES string of the molecule is Clc1cccc(Oc2cc(N3CCOCC3)ncn2)c1. The molecule has 2 heterocycles. The molecule has 0 unspecified atom stereocenters. The maximum atomic E-state index is 5.93. The Morgan fingerprint density at radius 2 is 2.00 bits per heavy atom. The Morgan fingerprint density at radius 1 is 1.15 bits per heavy atom. The molecule has 1 saturated heterocycles. The first-order valence-electron chi connectivity index (χ1n) is 6.39. The lowest BCUT2D eigenvalue weighted by molar-refractivity contribution is 0.122. The van der Waals surface area contributed by atoms with Crippen LogP contribution in [0.2, 0.25) is 5.02 Å². The normalized spacial score (nSPS) is 15.2. The molecule has 0 spiro atoms. The van der Waals surface area contributed by atoms with Gasteiger partial charge in [0.25, 0.3) is 0 Å². The van der Waals surface area contributed by atoms with Crippen LogP contribution in [0.5, 0.6) is 11.6 Å². The molecule has 20 heavy (non-hydrogen) atoms. The molecule has 6 heteroatoms. The molecule has 0 aliphatic carbocycles. The Balaban J connectivity index is 1.77. The van der Waals surface area contributed by atoms with Gasteiger partial charge in [0.05, 0.1) is 13.2 Å². The molecule has 1 aliphatic heterocycles. The van der Waals surface area contributed by atoms with Crippen molar-refractivity contribution in [3.05, 3.63) is 41.7 Å². The summed E-state index contributed by atoms with van der Waals surface area (Å²) >= 11 is 5.93. The monoisotopic (exact) mass is 291 g/mol. The van der Waals surface area contributed by atoms with Crippen LogP contribution in [0.4, 0.5) is 5.82 Å². The molecule has 0 radical (unpaired) electrons. The third-order valence-corrected chi connectivity index (χ3v) is 3.22. The molecule has 1 aromatic heterocycles. The Morgan fingerprint density at radius 3 is 2.80 bits per heavy atom. The van der Waals surface area contributed by atoms with Crippen molar-refractivity contribution in [2.45, 2.75) is 0 Å². The number of morpholine rings is 1. The summed E-state index contributed by atoms with van der Waals surface area (Å²) in [5, 5.41) is 0.630. The van der Waals surface area contributed by atoms with Crippen LogP contribution in [0.3, 0.4) is 0 Å². The van der Waals surface area contributed by atoms with Crippen LogP contribution < -0.4 is 9.64 Å². The van der Waals surface area contributed by atoms with E-state index in [9.17, 15) is 0 Å². The van der Waals surface area contributed by atoms with E-state index in [-0.39, 0.29) is 0 Å². The summed E-state index contributed by atoms with van der Waals surface area (Å²) in [7, 11) is 0. The quantitative estimate of drug-likeness (QED) is 0.870. The number of aromatic nitrogens is 2. The third-order valence-electron chi connectivity index (χ3n) is 2.98. The molecule has 3 rings (SSSR count). The molecule has 1 aliphatic rings. The second kappa shape index (κ2) is 6.07. The molecule has 104 valence electrons. The topological polar surface area (TPSA) is 47.5 Å². The number of hydrogen-bond acceptors (Lipinski definition) is 5. The number of nitrogens with zero attached hydrogens (tertiary/aromatic N) is 3. The van der Waals surface area contributed by atoms with Crippen LogP contribution in [-0.4, -0.2) is 36.3 Å². The number of rotatable bonds is 3. The fourth-order valence-electron chi connectivity index (χ4n) is 2.00. The van der Waals surface area contributed by atoms with Gasteiger partial charge < -0.3 is 14.4 Å². The van der Waals surface area contributed by atoms with E-state index in [4.69, 9.17) is 21.1 Å². The Hall–Kier alpha value is -1.85. The van der Waals surface area contributed by atoms with Crippen molar-refractivity contribution < 1.29 is 9.47 Å². The number of hydrogen-bond donors (Lipinski definition) is 0. The van der Waals surface area contributed by atoms with Crippen molar-refractivity contribution in [3.63, 3.8) is 0 Å². The minimum atomic E-state index is 0.503. The Bertz CT molecular complexity index is 588. The standard InChI is InChI=1S/C14H14ClN3O2/c15-11-2-1-3-12(8-11)20-14-9-13(16-10-17-14)18-4-6-19-7-5-18/h1-3,8-10H,4-7H2. The van der Waals surface area contributed by atoms with Gasteiger partial charge in [-0.15, -0.1) is 0 Å². The van der Waals surface area contributed by atoms with Crippen LogP contribution in [0.1, 0.15) is 0 Å². The average Bonchev–Trinajstić information content (AvgIpc) is 2.48. The first kappa shape index (κ1) is 13.1. The molecule has 0 saturated carbocycles. The van der Waals surface area contributed by atoms with E-state index in [0.29, 0.717) is 29.9 Å². The lowest BCUT2D eigenvalue weighted by atomic mass is 10.3. The van der Waals surface area contributed by atoms with E-state index in [1.54, 1.807) is 12.1 Å². The van der Waals surface area contributed by atoms with Crippen LogP contribution in [-0.2, 0) is 4.74 Å². The van der Waals surface area contributed by atoms with Gasteiger partial charge in [0.2, 0.25) is 5.88 Å². The van der Waals surface area contributed by atoms with Crippen LogP contribution in [0, 0.1) is 0 Å². The largest absolute Gasteiger partial charge is 0.439 e. The summed E-state index contributed by atoms with van der Waals surface area (Å²) in [5.41, 5.74) is 0. The van der Waals surface area contributed by atoms with Crippen molar-refractivity contribution in [2.75, 3.05) is 31.2 Å². The first-order chi connectivity index (χ1) is 9.81. The zero-order valence-corrected chi connectivity index (χ0v) is 11.6. The summed E-state index contributed by atoms with van der Waals surface area (Å²) in [6.45, 7) is 3.09. The lowest BCUT2D eigenvalue weighted by Gasteiger charge is -2.27. The van der Waals surface area contributed by atoms with Gasteiger partial charge in [0.15, 0.2) is 0 Å². The zero-order chi connectivity index (χ0) is 13.8. The maximum absolute atomic E-state index is 5.93. The van der Waals surface area contributed by atoms with E-state index in [1.165, 1.54) is 6.33 Å². The second-order valence-corrected chi connectivity index (χ2v) is 4.81. The molecule has 0 atom stereocenters. The number of halogens is 1. The fraction of sp³-hybridized carbons (Fsp3) is 0.286. The highest BCUT2D eigenvalue weighted by Crippen LogP contribution is 2.24. The van der Waals surface area contributed by atoms with Gasteiger partial charge in [-0.05, 0) is 18.2 Å². The Labute approximate surface area is 122 Å². The summed E-state index contributed by atoms with van der Waals surface area (Å²) in [4.78, 5) is 10.5. The molecular formula is C14H14ClN3O2. The van der Waals surface area contributed by atoms with Crippen LogP contribution >= 0.6 is 11.6 Å². The number of benzene rings is 1. The first-order valence-corrected chi connectivity index (χ1v) is 6.77. The molecule has 5 nitrogen and oxygen atoms in total. The molecule has 1 aromatic carbocycles. The van der Waals surface area contributed by atoms with Crippen molar-refractivity contribution >= 4 is 17.4 Å². The summed E-state index contributed by atoms with van der Waals surface area (Å²) in [6, 6.07) is 9.04. The molecule has 0 bridgehead atoms. The van der Waals surface area contributed by atoms with Crippen molar-refractivity contribution in [3.8, 4) is 11.6 Å². The predicted molar refractivity (Wildman–Crippen MR) is 76.6 cm³/mol. The van der Waals surface area contributed by atoms with E-state index >= 15 is 0 Å². The molecular weight excluding hydrogens is 278 g/mol. The summed E-state index contributed by atoms with van der Waals surface area (Å²) in [6.07, 6.45) is 1.50. The highest BCUT2D eigenvalue weighted by atomic mass is 35.5. The number of anilines is 1. The molecule has 0 N–H and O–H groups in total. The van der Waals surface area contributed by atoms with Crippen molar-refractivity contribution in [1.82, 2.24) is 9.97 Å². The highest BCUT2D eigenvalue weighted by molar-refractivity contribution is 6.30. The van der Waals surface area contributed by atoms with Gasteiger partial charge in [0.1, 0.15) is 17.9 Å². The minimum Gasteiger partial charge on any atom is -0.439 e. The number of ether oxygens (including phenoxy) is 2. The molecule has 0 amide bonds. The minimum absolute atomic E-state index is 0.503. The van der Waals surface area contributed by atoms with Gasteiger partial charge in [-0.3, -0.25) is 0 Å². The van der Waals surface area contributed by atoms with Gasteiger partial charge in [0, 0.05) is 24.2 Å². The van der Waals surface area contributed by atoms with Crippen LogP contribution in [0.25, 0.3) is 0 Å². The van der Waals surface area contributed by atoms with Gasteiger partial charge in [-0.2, -0.15) is 0 Å². The van der Waals surface area contributed by atoms with E-state index < -0.39 is 0 Å². The lowest BCUT2D eigenvalue weighted by Crippen LogP contribution is -2.36. The predicted octanol–water partition coefficient (Wildman–Crippen LogP) is 2.76. The van der Waals surface area contributed by atoms with E-state index in [2.05, 4.69) is 14.9 Å². The van der Waals surface area contributed by atoms with Crippen molar-refractivity contribution in [2.24, 2.45) is 0 Å². The van der Waals surface area contributed by atoms with Gasteiger partial charge in [-0.1, -0.05) is 17.7 Å². The van der Waals surface area contributed by atoms with Crippen LogP contribution in [0.15, 0.2) is 36.7 Å². The summed E-state index contributed by atoms with van der Waals surface area (Å²) < 4.78 is 11.0. The smallest absolute Gasteiger partial charge is 0.224 e. The van der Waals surface area contributed by atoms with Gasteiger partial charge in [-0.25, -0.2) is 9.97 Å². The molecule has 1 fully saturated rings. The third kappa shape index (κ3) is 3.18. The highest BCUT2D eigenvalue weighted by Gasteiger charge is 2.13. The fourth-order valence-corrected chi connectivity index (χ4v) is 2.18. The van der Waals surface area contributed by atoms with Crippen molar-refractivity contribution in [1.29, 1.82) is 0 Å². The summed E-state index contributed by atoms with van der Waals surface area (Å²) in [5.74, 6) is 2.01. The van der Waals surface area contributed by atoms with E-state index in [0.717, 1.165) is 18.9 Å². The molecule has 2 aromatic rings. The maximum Gasteiger partial charge on any atom is 0.224 e. The average molecular weight is 292 g/mol. The van der Waals surface area contributed by atoms with E-state index in [1.807, 2.05) is 18.2 Å². The second-order valence-electron chi connectivity index (χ2n) is 4.37. The zero-order valence-electron chi connectivity index (χ0n) is 10.8.